The minimum absolute atomic E-state index is 0.187. The van der Waals surface area contributed by atoms with E-state index in [1.807, 2.05) is 0 Å². The van der Waals surface area contributed by atoms with Crippen LogP contribution < -0.4 is 10.1 Å². The number of aromatic nitrogens is 1. The van der Waals surface area contributed by atoms with Crippen molar-refractivity contribution in [1.29, 1.82) is 0 Å². The average molecular weight is 337 g/mol. The number of hydrogen-bond donors (Lipinski definition) is 1. The topological polar surface area (TPSA) is 51.2 Å². The van der Waals surface area contributed by atoms with Crippen molar-refractivity contribution in [2.45, 2.75) is 69.9 Å². The predicted octanol–water partition coefficient (Wildman–Crippen LogP) is 4.12. The van der Waals surface area contributed by atoms with E-state index < -0.39 is 0 Å². The normalized spacial score (nSPS) is 25.8. The summed E-state index contributed by atoms with van der Waals surface area (Å²) in [6, 6.07) is 3.90. The first-order chi connectivity index (χ1) is 11.2. The fraction of sp³-hybridized carbons (Fsp3) is 0.667. The van der Waals surface area contributed by atoms with E-state index in [4.69, 9.17) is 16.3 Å². The molecule has 126 valence electrons. The Kier molecular flexibility index (Phi) is 5.76. The van der Waals surface area contributed by atoms with Gasteiger partial charge >= 0.3 is 0 Å². The highest BCUT2D eigenvalue weighted by Crippen LogP contribution is 2.26. The maximum atomic E-state index is 12.3. The summed E-state index contributed by atoms with van der Waals surface area (Å²) in [5.41, 5.74) is 0. The van der Waals surface area contributed by atoms with Crippen LogP contribution in [0.25, 0.3) is 0 Å². The van der Waals surface area contributed by atoms with Crippen LogP contribution in [0.1, 0.15) is 57.8 Å². The van der Waals surface area contributed by atoms with E-state index in [0.717, 1.165) is 38.5 Å². The van der Waals surface area contributed by atoms with Gasteiger partial charge in [-0.25, -0.2) is 4.98 Å². The first kappa shape index (κ1) is 16.6. The smallest absolute Gasteiger partial charge is 0.223 e. The lowest BCUT2D eigenvalue weighted by Crippen LogP contribution is -2.42. The highest BCUT2D eigenvalue weighted by Gasteiger charge is 2.27. The molecule has 0 unspecified atom stereocenters. The molecule has 5 heteroatoms. The van der Waals surface area contributed by atoms with Gasteiger partial charge in [0.05, 0.1) is 5.02 Å². The molecule has 0 saturated heterocycles. The summed E-state index contributed by atoms with van der Waals surface area (Å²) in [5.74, 6) is 1.15. The molecule has 1 amide bonds. The van der Waals surface area contributed by atoms with Gasteiger partial charge in [0.2, 0.25) is 11.8 Å². The summed E-state index contributed by atoms with van der Waals surface area (Å²) in [4.78, 5) is 16.5. The van der Waals surface area contributed by atoms with E-state index in [0.29, 0.717) is 16.9 Å². The maximum Gasteiger partial charge on any atom is 0.223 e. The molecule has 0 aromatic carbocycles. The summed E-state index contributed by atoms with van der Waals surface area (Å²) in [6.45, 7) is 0. The van der Waals surface area contributed by atoms with Gasteiger partial charge in [-0.15, -0.1) is 0 Å². The fourth-order valence-electron chi connectivity index (χ4n) is 3.61. The van der Waals surface area contributed by atoms with Crippen LogP contribution in [0.2, 0.25) is 5.02 Å². The van der Waals surface area contributed by atoms with Gasteiger partial charge in [-0.2, -0.15) is 0 Å². The molecule has 2 saturated carbocycles. The molecule has 2 fully saturated rings. The van der Waals surface area contributed by atoms with E-state index in [9.17, 15) is 4.79 Å². The Hall–Kier alpha value is -1.29. The van der Waals surface area contributed by atoms with Crippen molar-refractivity contribution >= 4 is 17.5 Å². The number of nitrogens with one attached hydrogen (secondary N) is 1. The second-order valence-corrected chi connectivity index (χ2v) is 7.19. The molecule has 1 aromatic rings. The molecule has 1 heterocycles. The lowest BCUT2D eigenvalue weighted by molar-refractivity contribution is -0.127. The van der Waals surface area contributed by atoms with Crippen molar-refractivity contribution in [2.24, 2.45) is 5.92 Å². The van der Waals surface area contributed by atoms with Gasteiger partial charge in [0, 0.05) is 24.2 Å². The molecular weight excluding hydrogens is 312 g/mol. The third-order valence-electron chi connectivity index (χ3n) is 4.98. The van der Waals surface area contributed by atoms with Gasteiger partial charge in [0.1, 0.15) is 6.10 Å². The molecular formula is C18H25ClN2O2. The van der Waals surface area contributed by atoms with Crippen LogP contribution in [0, 0.1) is 5.92 Å². The molecule has 23 heavy (non-hydrogen) atoms. The van der Waals surface area contributed by atoms with Gasteiger partial charge in [-0.3, -0.25) is 4.79 Å². The Morgan fingerprint density at radius 1 is 1.09 bits per heavy atom. The van der Waals surface area contributed by atoms with Crippen LogP contribution in [0.4, 0.5) is 0 Å². The standard InChI is InChI=1S/C18H25ClN2O2/c19-14-6-11-17(20-12-14)23-16-9-7-15(8-10-16)21-18(22)13-4-2-1-3-5-13/h6,11-13,15-16H,1-5,7-10H2,(H,21,22). The molecule has 4 nitrogen and oxygen atoms in total. The molecule has 0 radical (unpaired) electrons. The number of pyridine rings is 1. The third kappa shape index (κ3) is 4.84. The number of carbonyl (C=O) groups is 1. The number of rotatable bonds is 4. The molecule has 0 aliphatic heterocycles. The van der Waals surface area contributed by atoms with E-state index >= 15 is 0 Å². The first-order valence-electron chi connectivity index (χ1n) is 8.79. The maximum absolute atomic E-state index is 12.3. The van der Waals surface area contributed by atoms with Crippen LogP contribution in [-0.2, 0) is 4.79 Å². The molecule has 0 bridgehead atoms. The molecule has 2 aliphatic rings. The van der Waals surface area contributed by atoms with Gasteiger partial charge < -0.3 is 10.1 Å². The van der Waals surface area contributed by atoms with Gasteiger partial charge in [-0.05, 0) is 44.6 Å². The van der Waals surface area contributed by atoms with Crippen LogP contribution in [0.3, 0.4) is 0 Å². The zero-order valence-corrected chi connectivity index (χ0v) is 14.2. The second kappa shape index (κ2) is 8.00. The van der Waals surface area contributed by atoms with Crippen molar-refractivity contribution in [2.75, 3.05) is 0 Å². The van der Waals surface area contributed by atoms with Crippen molar-refractivity contribution in [3.63, 3.8) is 0 Å². The number of halogens is 1. The highest BCUT2D eigenvalue weighted by molar-refractivity contribution is 6.30. The van der Waals surface area contributed by atoms with Crippen molar-refractivity contribution in [3.05, 3.63) is 23.4 Å². The molecule has 0 atom stereocenters. The Balaban J connectivity index is 1.41. The number of nitrogens with zero attached hydrogens (tertiary/aromatic N) is 1. The first-order valence-corrected chi connectivity index (χ1v) is 9.17. The van der Waals surface area contributed by atoms with Crippen LogP contribution >= 0.6 is 11.6 Å². The summed E-state index contributed by atoms with van der Waals surface area (Å²) >= 11 is 5.83. The molecule has 1 N–H and O–H groups in total. The van der Waals surface area contributed by atoms with Crippen LogP contribution in [0.15, 0.2) is 18.3 Å². The minimum atomic E-state index is 0.187. The summed E-state index contributed by atoms with van der Waals surface area (Å²) in [7, 11) is 0. The van der Waals surface area contributed by atoms with Gasteiger partial charge in [-0.1, -0.05) is 30.9 Å². The van der Waals surface area contributed by atoms with Crippen molar-refractivity contribution < 1.29 is 9.53 Å². The number of ether oxygens (including phenoxy) is 1. The fourth-order valence-corrected chi connectivity index (χ4v) is 3.72. The largest absolute Gasteiger partial charge is 0.474 e. The summed E-state index contributed by atoms with van der Waals surface area (Å²) in [6.07, 6.45) is 11.5. The summed E-state index contributed by atoms with van der Waals surface area (Å²) < 4.78 is 5.90. The van der Waals surface area contributed by atoms with Gasteiger partial charge in [0.25, 0.3) is 0 Å². The van der Waals surface area contributed by atoms with E-state index in [1.165, 1.54) is 19.3 Å². The lowest BCUT2D eigenvalue weighted by atomic mass is 9.87. The molecule has 3 rings (SSSR count). The van der Waals surface area contributed by atoms with Gasteiger partial charge in [0.15, 0.2) is 0 Å². The van der Waals surface area contributed by atoms with E-state index in [-0.39, 0.29) is 17.9 Å². The summed E-state index contributed by atoms with van der Waals surface area (Å²) in [5, 5.41) is 3.87. The monoisotopic (exact) mass is 336 g/mol. The van der Waals surface area contributed by atoms with Crippen molar-refractivity contribution in [3.8, 4) is 5.88 Å². The Morgan fingerprint density at radius 3 is 2.48 bits per heavy atom. The predicted molar refractivity (Wildman–Crippen MR) is 90.6 cm³/mol. The SMILES string of the molecule is O=C(NC1CCC(Oc2ccc(Cl)cn2)CC1)C1CCCCC1. The highest BCUT2D eigenvalue weighted by atomic mass is 35.5. The lowest BCUT2D eigenvalue weighted by Gasteiger charge is -2.31. The van der Waals surface area contributed by atoms with Crippen LogP contribution in [-0.4, -0.2) is 23.0 Å². The minimum Gasteiger partial charge on any atom is -0.474 e. The zero-order chi connectivity index (χ0) is 16.1. The number of carbonyl (C=O) groups excluding carboxylic acids is 1. The van der Waals surface area contributed by atoms with Crippen LogP contribution in [0.5, 0.6) is 5.88 Å². The number of hydrogen-bond acceptors (Lipinski definition) is 3. The zero-order valence-electron chi connectivity index (χ0n) is 13.5. The third-order valence-corrected chi connectivity index (χ3v) is 5.21. The Bertz CT molecular complexity index is 506. The molecule has 1 aromatic heterocycles. The van der Waals surface area contributed by atoms with E-state index in [2.05, 4.69) is 10.3 Å². The van der Waals surface area contributed by atoms with Crippen molar-refractivity contribution in [1.82, 2.24) is 10.3 Å². The van der Waals surface area contributed by atoms with E-state index in [1.54, 1.807) is 18.3 Å². The Labute approximate surface area is 143 Å². The quantitative estimate of drug-likeness (QED) is 0.899. The second-order valence-electron chi connectivity index (χ2n) is 6.75. The molecule has 0 spiro atoms. The Morgan fingerprint density at radius 2 is 1.83 bits per heavy atom. The molecule has 2 aliphatic carbocycles. The average Bonchev–Trinajstić information content (AvgIpc) is 2.59. The number of amides is 1.